The zero-order valence-corrected chi connectivity index (χ0v) is 15.4. The molecule has 8 heteroatoms. The summed E-state index contributed by atoms with van der Waals surface area (Å²) in [6.07, 6.45) is 5.46. The first kappa shape index (κ1) is 16.5. The zero-order chi connectivity index (χ0) is 17.9. The smallest absolute Gasteiger partial charge is 0.269 e. The third-order valence-electron chi connectivity index (χ3n) is 3.66. The molecule has 6 nitrogen and oxygen atoms in total. The van der Waals surface area contributed by atoms with Crippen LogP contribution in [-0.4, -0.2) is 27.6 Å². The Kier molecular flexibility index (Phi) is 4.51. The van der Waals surface area contributed by atoms with Crippen LogP contribution >= 0.6 is 22.7 Å². The van der Waals surface area contributed by atoms with Crippen LogP contribution < -0.4 is 10.1 Å². The number of thiazole rings is 2. The van der Waals surface area contributed by atoms with E-state index in [0.717, 1.165) is 16.4 Å². The normalized spacial score (nSPS) is 10.7. The maximum atomic E-state index is 12.8. The van der Waals surface area contributed by atoms with E-state index in [0.29, 0.717) is 15.7 Å². The number of hydrogen-bond donors (Lipinski definition) is 1. The summed E-state index contributed by atoms with van der Waals surface area (Å²) < 4.78 is 7.10. The van der Waals surface area contributed by atoms with E-state index in [1.165, 1.54) is 22.7 Å². The number of nitrogens with zero attached hydrogens (tertiary/aromatic N) is 3. The molecule has 3 aromatic heterocycles. The minimum Gasteiger partial charge on any atom is -0.497 e. The average Bonchev–Trinajstić information content (AvgIpc) is 3.42. The van der Waals surface area contributed by atoms with E-state index < -0.39 is 0 Å². The molecule has 1 N–H and O–H groups in total. The van der Waals surface area contributed by atoms with E-state index in [9.17, 15) is 4.79 Å². The van der Waals surface area contributed by atoms with Gasteiger partial charge in [0.15, 0.2) is 10.3 Å². The molecule has 1 aromatic carbocycles. The SMILES string of the molecule is COc1ccc(-c2nc(-n3cccc3)sc2C(=O)Nc2nccs2)cc1. The van der Waals surface area contributed by atoms with Crippen LogP contribution in [0.15, 0.2) is 60.4 Å². The molecular formula is C18H14N4O2S2. The lowest BCUT2D eigenvalue weighted by molar-refractivity contribution is 0.103. The van der Waals surface area contributed by atoms with Crippen LogP contribution in [-0.2, 0) is 0 Å². The Morgan fingerprint density at radius 1 is 1.19 bits per heavy atom. The van der Waals surface area contributed by atoms with Crippen molar-refractivity contribution in [2.75, 3.05) is 12.4 Å². The van der Waals surface area contributed by atoms with Gasteiger partial charge in [-0.25, -0.2) is 9.97 Å². The lowest BCUT2D eigenvalue weighted by Gasteiger charge is -2.04. The van der Waals surface area contributed by atoms with Crippen molar-refractivity contribution in [3.05, 3.63) is 65.2 Å². The summed E-state index contributed by atoms with van der Waals surface area (Å²) >= 11 is 2.71. The number of aromatic nitrogens is 3. The molecule has 4 aromatic rings. The molecule has 0 radical (unpaired) electrons. The Labute approximate surface area is 157 Å². The molecule has 0 saturated carbocycles. The molecule has 1 amide bonds. The van der Waals surface area contributed by atoms with Crippen molar-refractivity contribution in [1.29, 1.82) is 0 Å². The second-order valence-corrected chi connectivity index (χ2v) is 7.16. The van der Waals surface area contributed by atoms with Crippen LogP contribution in [0, 0.1) is 0 Å². The molecule has 0 aliphatic carbocycles. The second-order valence-electron chi connectivity index (χ2n) is 5.28. The van der Waals surface area contributed by atoms with Gasteiger partial charge in [0.05, 0.1) is 12.8 Å². The van der Waals surface area contributed by atoms with E-state index in [1.54, 1.807) is 13.3 Å². The minimum absolute atomic E-state index is 0.221. The number of carbonyl (C=O) groups is 1. The fraction of sp³-hybridized carbons (Fsp3) is 0.0556. The largest absolute Gasteiger partial charge is 0.497 e. The Hall–Kier alpha value is -2.97. The Morgan fingerprint density at radius 2 is 1.96 bits per heavy atom. The molecule has 0 spiro atoms. The number of ether oxygens (including phenoxy) is 1. The Morgan fingerprint density at radius 3 is 2.62 bits per heavy atom. The van der Waals surface area contributed by atoms with Crippen LogP contribution in [0.25, 0.3) is 16.4 Å². The molecule has 130 valence electrons. The standard InChI is InChI=1S/C18H14N4O2S2/c1-24-13-6-4-12(5-7-13)14-15(16(23)21-17-19-8-11-25-17)26-18(20-14)22-9-2-3-10-22/h2-11H,1H3,(H,19,21,23). The summed E-state index contributed by atoms with van der Waals surface area (Å²) in [4.78, 5) is 22.1. The number of nitrogens with one attached hydrogen (secondary N) is 1. The van der Waals surface area contributed by atoms with E-state index >= 15 is 0 Å². The first-order valence-corrected chi connectivity index (χ1v) is 9.43. The van der Waals surface area contributed by atoms with Gasteiger partial charge < -0.3 is 9.30 Å². The molecular weight excluding hydrogens is 368 g/mol. The molecule has 4 rings (SSSR count). The summed E-state index contributed by atoms with van der Waals surface area (Å²) in [6, 6.07) is 11.3. The molecule has 0 fully saturated rings. The van der Waals surface area contributed by atoms with Gasteiger partial charge >= 0.3 is 0 Å². The maximum Gasteiger partial charge on any atom is 0.269 e. The van der Waals surface area contributed by atoms with Crippen LogP contribution in [0.4, 0.5) is 5.13 Å². The zero-order valence-electron chi connectivity index (χ0n) is 13.7. The van der Waals surface area contributed by atoms with E-state index in [1.807, 2.05) is 58.7 Å². The summed E-state index contributed by atoms with van der Waals surface area (Å²) in [5.74, 6) is 0.532. The van der Waals surface area contributed by atoms with Gasteiger partial charge in [-0.3, -0.25) is 10.1 Å². The highest BCUT2D eigenvalue weighted by molar-refractivity contribution is 7.17. The number of carbonyl (C=O) groups excluding carboxylic acids is 1. The summed E-state index contributed by atoms with van der Waals surface area (Å²) in [5, 5.41) is 5.94. The molecule has 0 saturated heterocycles. The van der Waals surface area contributed by atoms with Crippen molar-refractivity contribution in [2.45, 2.75) is 0 Å². The van der Waals surface area contributed by atoms with Gasteiger partial charge in [0.25, 0.3) is 5.91 Å². The third kappa shape index (κ3) is 3.24. The van der Waals surface area contributed by atoms with Crippen molar-refractivity contribution in [1.82, 2.24) is 14.5 Å². The van der Waals surface area contributed by atoms with Crippen LogP contribution in [0.5, 0.6) is 5.75 Å². The summed E-state index contributed by atoms with van der Waals surface area (Å²) in [7, 11) is 1.62. The van der Waals surface area contributed by atoms with Gasteiger partial charge in [0, 0.05) is 29.5 Å². The molecule has 0 unspecified atom stereocenters. The predicted molar refractivity (Wildman–Crippen MR) is 103 cm³/mol. The van der Waals surface area contributed by atoms with Crippen molar-refractivity contribution >= 4 is 33.7 Å². The minimum atomic E-state index is -0.221. The number of benzene rings is 1. The molecule has 0 atom stereocenters. The highest BCUT2D eigenvalue weighted by atomic mass is 32.1. The van der Waals surface area contributed by atoms with Crippen molar-refractivity contribution in [2.24, 2.45) is 0 Å². The van der Waals surface area contributed by atoms with Crippen molar-refractivity contribution in [3.63, 3.8) is 0 Å². The third-order valence-corrected chi connectivity index (χ3v) is 5.42. The van der Waals surface area contributed by atoms with Gasteiger partial charge in [-0.05, 0) is 36.4 Å². The lowest BCUT2D eigenvalue weighted by Crippen LogP contribution is -2.11. The average molecular weight is 382 g/mol. The topological polar surface area (TPSA) is 69.0 Å². The Balaban J connectivity index is 1.76. The molecule has 0 bridgehead atoms. The van der Waals surface area contributed by atoms with E-state index in [-0.39, 0.29) is 5.91 Å². The van der Waals surface area contributed by atoms with Crippen molar-refractivity contribution < 1.29 is 9.53 Å². The maximum absolute atomic E-state index is 12.8. The number of methoxy groups -OCH3 is 1. The Bertz CT molecular complexity index is 1010. The number of amides is 1. The predicted octanol–water partition coefficient (Wildman–Crippen LogP) is 4.32. The fourth-order valence-corrected chi connectivity index (χ4v) is 3.89. The van der Waals surface area contributed by atoms with Gasteiger partial charge in [0.2, 0.25) is 0 Å². The number of hydrogen-bond acceptors (Lipinski definition) is 6. The number of rotatable bonds is 5. The number of anilines is 1. The van der Waals surface area contributed by atoms with Crippen LogP contribution in [0.1, 0.15) is 9.67 Å². The van der Waals surface area contributed by atoms with Gasteiger partial charge in [-0.15, -0.1) is 11.3 Å². The molecule has 0 aliphatic rings. The van der Waals surface area contributed by atoms with Crippen LogP contribution in [0.3, 0.4) is 0 Å². The monoisotopic (exact) mass is 382 g/mol. The van der Waals surface area contributed by atoms with Crippen molar-refractivity contribution in [3.8, 4) is 22.1 Å². The highest BCUT2D eigenvalue weighted by Gasteiger charge is 2.21. The fourth-order valence-electron chi connectivity index (χ4n) is 2.42. The van der Waals surface area contributed by atoms with E-state index in [4.69, 9.17) is 9.72 Å². The second kappa shape index (κ2) is 7.11. The molecule has 0 aliphatic heterocycles. The molecule has 26 heavy (non-hydrogen) atoms. The first-order valence-electron chi connectivity index (χ1n) is 7.74. The summed E-state index contributed by atoms with van der Waals surface area (Å²) in [5.41, 5.74) is 1.49. The van der Waals surface area contributed by atoms with Crippen LogP contribution in [0.2, 0.25) is 0 Å². The molecule has 3 heterocycles. The van der Waals surface area contributed by atoms with Gasteiger partial charge in [-0.1, -0.05) is 11.3 Å². The first-order chi connectivity index (χ1) is 12.7. The highest BCUT2D eigenvalue weighted by Crippen LogP contribution is 2.32. The van der Waals surface area contributed by atoms with E-state index in [2.05, 4.69) is 10.3 Å². The van der Waals surface area contributed by atoms with Gasteiger partial charge in [0.1, 0.15) is 10.6 Å². The summed E-state index contributed by atoms with van der Waals surface area (Å²) in [6.45, 7) is 0. The lowest BCUT2D eigenvalue weighted by atomic mass is 10.1. The quantitative estimate of drug-likeness (QED) is 0.558. The van der Waals surface area contributed by atoms with Gasteiger partial charge in [-0.2, -0.15) is 0 Å².